The summed E-state index contributed by atoms with van der Waals surface area (Å²) in [6, 6.07) is 1.03. The Bertz CT molecular complexity index is 117. The fraction of sp³-hybridized carbons (Fsp3) is 1.00. The molecule has 11 heavy (non-hydrogen) atoms. The second-order valence-corrected chi connectivity index (χ2v) is 4.75. The van der Waals surface area contributed by atoms with Gasteiger partial charge >= 0.3 is 0 Å². The van der Waals surface area contributed by atoms with Gasteiger partial charge in [0.15, 0.2) is 0 Å². The van der Waals surface area contributed by atoms with E-state index in [-0.39, 0.29) is 0 Å². The topological polar surface area (TPSA) is 29.3 Å². The van der Waals surface area contributed by atoms with Crippen LogP contribution in [-0.4, -0.2) is 35.7 Å². The van der Waals surface area contributed by atoms with E-state index < -0.39 is 0 Å². The lowest BCUT2D eigenvalue weighted by molar-refractivity contribution is 0.173. The number of hydrogen-bond acceptors (Lipinski definition) is 2. The number of piperidine rings is 1. The minimum absolute atomic E-state index is 0.383. The Morgan fingerprint density at radius 1 is 1.45 bits per heavy atom. The molecule has 1 rings (SSSR count). The van der Waals surface area contributed by atoms with Crippen LogP contribution in [0.2, 0.25) is 0 Å². The third kappa shape index (κ3) is 2.70. The van der Waals surface area contributed by atoms with Crippen molar-refractivity contribution >= 4 is 9.24 Å². The van der Waals surface area contributed by atoms with Gasteiger partial charge in [-0.2, -0.15) is 0 Å². The summed E-state index contributed by atoms with van der Waals surface area (Å²) in [6.07, 6.45) is 1.16. The van der Waals surface area contributed by atoms with Crippen LogP contribution in [0.3, 0.4) is 0 Å². The standard InChI is InChI=1S/C8H19N2P/c1-6(2)10-4-7(9)3-8(11)5-10/h6-8H,3-5,9,11H2,1-2H3/t7?,8-/m1/s1. The highest BCUT2D eigenvalue weighted by Crippen LogP contribution is 2.17. The van der Waals surface area contributed by atoms with Crippen LogP contribution in [0.4, 0.5) is 0 Å². The van der Waals surface area contributed by atoms with Gasteiger partial charge in [-0.1, -0.05) is 0 Å². The van der Waals surface area contributed by atoms with E-state index in [9.17, 15) is 0 Å². The van der Waals surface area contributed by atoms with Crippen molar-refractivity contribution in [1.29, 1.82) is 0 Å². The van der Waals surface area contributed by atoms with Crippen LogP contribution < -0.4 is 5.73 Å². The van der Waals surface area contributed by atoms with E-state index in [0.717, 1.165) is 13.0 Å². The molecule has 0 radical (unpaired) electrons. The van der Waals surface area contributed by atoms with Crippen molar-refractivity contribution in [1.82, 2.24) is 4.90 Å². The predicted octanol–water partition coefficient (Wildman–Crippen LogP) is 0.671. The average molecular weight is 174 g/mol. The molecular formula is C8H19N2P. The van der Waals surface area contributed by atoms with E-state index in [1.807, 2.05) is 0 Å². The average Bonchev–Trinajstić information content (AvgIpc) is 1.85. The molecule has 0 aromatic heterocycles. The Hall–Kier alpha value is 0.350. The molecule has 0 amide bonds. The second kappa shape index (κ2) is 3.84. The summed E-state index contributed by atoms with van der Waals surface area (Å²) in [5, 5.41) is 0. The smallest absolute Gasteiger partial charge is 0.0174 e. The Labute approximate surface area is 71.7 Å². The molecule has 0 spiro atoms. The summed E-state index contributed by atoms with van der Waals surface area (Å²) in [5.41, 5.74) is 6.59. The van der Waals surface area contributed by atoms with Crippen molar-refractivity contribution in [3.05, 3.63) is 0 Å². The van der Waals surface area contributed by atoms with Crippen LogP contribution >= 0.6 is 9.24 Å². The fourth-order valence-electron chi connectivity index (χ4n) is 1.64. The lowest BCUT2D eigenvalue weighted by Crippen LogP contribution is -2.49. The Morgan fingerprint density at radius 2 is 2.09 bits per heavy atom. The molecule has 1 aliphatic heterocycles. The van der Waals surface area contributed by atoms with Gasteiger partial charge in [0.1, 0.15) is 0 Å². The van der Waals surface area contributed by atoms with Gasteiger partial charge in [-0.3, -0.25) is 4.90 Å². The minimum Gasteiger partial charge on any atom is -0.327 e. The van der Waals surface area contributed by atoms with Gasteiger partial charge in [-0.15, -0.1) is 9.24 Å². The Kier molecular flexibility index (Phi) is 3.29. The van der Waals surface area contributed by atoms with Crippen molar-refractivity contribution in [2.75, 3.05) is 13.1 Å². The number of nitrogens with two attached hydrogens (primary N) is 1. The predicted molar refractivity (Wildman–Crippen MR) is 52.8 cm³/mol. The highest BCUT2D eigenvalue weighted by atomic mass is 31.0. The van der Waals surface area contributed by atoms with Gasteiger partial charge in [0.2, 0.25) is 0 Å². The summed E-state index contributed by atoms with van der Waals surface area (Å²) in [5.74, 6) is 0. The fourth-order valence-corrected chi connectivity index (χ4v) is 2.26. The lowest BCUT2D eigenvalue weighted by atomic mass is 10.0. The first-order valence-electron chi connectivity index (χ1n) is 4.35. The van der Waals surface area contributed by atoms with Crippen LogP contribution in [0, 0.1) is 0 Å². The van der Waals surface area contributed by atoms with Crippen LogP contribution in [-0.2, 0) is 0 Å². The summed E-state index contributed by atoms with van der Waals surface area (Å²) >= 11 is 0. The molecule has 0 aliphatic carbocycles. The maximum Gasteiger partial charge on any atom is 0.0174 e. The van der Waals surface area contributed by atoms with Crippen LogP contribution in [0.15, 0.2) is 0 Å². The molecule has 0 bridgehead atoms. The van der Waals surface area contributed by atoms with E-state index in [0.29, 0.717) is 17.7 Å². The largest absolute Gasteiger partial charge is 0.327 e. The van der Waals surface area contributed by atoms with Crippen molar-refractivity contribution in [3.8, 4) is 0 Å². The number of hydrogen-bond donors (Lipinski definition) is 1. The maximum absolute atomic E-state index is 5.90. The van der Waals surface area contributed by atoms with Crippen molar-refractivity contribution in [2.24, 2.45) is 5.73 Å². The van der Waals surface area contributed by atoms with E-state index >= 15 is 0 Å². The van der Waals surface area contributed by atoms with Crippen molar-refractivity contribution < 1.29 is 0 Å². The zero-order valence-corrected chi connectivity index (χ0v) is 8.61. The molecular weight excluding hydrogens is 155 g/mol. The van der Waals surface area contributed by atoms with Gasteiger partial charge < -0.3 is 5.73 Å². The lowest BCUT2D eigenvalue weighted by Gasteiger charge is -2.37. The molecule has 1 aliphatic rings. The highest BCUT2D eigenvalue weighted by Gasteiger charge is 2.23. The zero-order valence-electron chi connectivity index (χ0n) is 7.46. The van der Waals surface area contributed by atoms with E-state index in [1.54, 1.807) is 0 Å². The quantitative estimate of drug-likeness (QED) is 0.592. The molecule has 2 N–H and O–H groups in total. The summed E-state index contributed by atoms with van der Waals surface area (Å²) in [6.45, 7) is 6.73. The monoisotopic (exact) mass is 174 g/mol. The normalized spacial score (nSPS) is 34.6. The summed E-state index contributed by atoms with van der Waals surface area (Å²) in [4.78, 5) is 2.45. The molecule has 1 fully saturated rings. The molecule has 0 saturated carbocycles. The maximum atomic E-state index is 5.90. The summed E-state index contributed by atoms with van der Waals surface area (Å²) < 4.78 is 0. The van der Waals surface area contributed by atoms with E-state index in [2.05, 4.69) is 28.0 Å². The van der Waals surface area contributed by atoms with E-state index in [4.69, 9.17) is 5.73 Å². The second-order valence-electron chi connectivity index (χ2n) is 3.80. The molecule has 1 saturated heterocycles. The first kappa shape index (κ1) is 9.44. The molecule has 0 aromatic rings. The summed E-state index contributed by atoms with van der Waals surface area (Å²) in [7, 11) is 2.88. The number of rotatable bonds is 1. The Balaban J connectivity index is 2.43. The first-order valence-corrected chi connectivity index (χ1v) is 5.01. The van der Waals surface area contributed by atoms with Crippen LogP contribution in [0.5, 0.6) is 0 Å². The van der Waals surface area contributed by atoms with Crippen molar-refractivity contribution in [2.45, 2.75) is 38.0 Å². The third-order valence-electron chi connectivity index (χ3n) is 2.27. The minimum atomic E-state index is 0.383. The molecule has 66 valence electrons. The van der Waals surface area contributed by atoms with E-state index in [1.165, 1.54) is 6.54 Å². The van der Waals surface area contributed by atoms with Gasteiger partial charge in [0, 0.05) is 25.2 Å². The van der Waals surface area contributed by atoms with Crippen molar-refractivity contribution in [3.63, 3.8) is 0 Å². The Morgan fingerprint density at radius 3 is 2.55 bits per heavy atom. The van der Waals surface area contributed by atoms with Gasteiger partial charge in [-0.25, -0.2) is 0 Å². The highest BCUT2D eigenvalue weighted by molar-refractivity contribution is 7.17. The molecule has 3 atom stereocenters. The number of nitrogens with zero attached hydrogens (tertiary/aromatic N) is 1. The molecule has 3 heteroatoms. The molecule has 1 heterocycles. The van der Waals surface area contributed by atoms with Gasteiger partial charge in [-0.05, 0) is 25.9 Å². The third-order valence-corrected chi connectivity index (χ3v) is 2.76. The number of likely N-dealkylation sites (tertiary alicyclic amines) is 1. The SMILES string of the molecule is CC(C)N1CC(N)C[C@@H](P)C1. The molecule has 0 aromatic carbocycles. The van der Waals surface area contributed by atoms with Crippen LogP contribution in [0.25, 0.3) is 0 Å². The molecule has 2 unspecified atom stereocenters. The van der Waals surface area contributed by atoms with Gasteiger partial charge in [0.25, 0.3) is 0 Å². The first-order chi connectivity index (χ1) is 5.09. The zero-order chi connectivity index (χ0) is 8.43. The van der Waals surface area contributed by atoms with Gasteiger partial charge in [0.05, 0.1) is 0 Å². The molecule has 2 nitrogen and oxygen atoms in total. The van der Waals surface area contributed by atoms with Crippen LogP contribution in [0.1, 0.15) is 20.3 Å².